The molecule has 0 atom stereocenters. The van der Waals surface area contributed by atoms with Crippen molar-refractivity contribution in [3.63, 3.8) is 0 Å². The average Bonchev–Trinajstić information content (AvgIpc) is 1.25. The first kappa shape index (κ1) is 16.4. The van der Waals surface area contributed by atoms with Gasteiger partial charge in [-0.05, 0) is 0 Å². The van der Waals surface area contributed by atoms with Crippen molar-refractivity contribution in [3.8, 4) is 0 Å². The first-order valence-corrected chi connectivity index (χ1v) is 2.78. The molecule has 0 N–H and O–H groups in total. The number of rotatable bonds is 0. The largest absolute Gasteiger partial charge is 3.00 e. The van der Waals surface area contributed by atoms with Crippen LogP contribution in [0.4, 0.5) is 0 Å². The van der Waals surface area contributed by atoms with Crippen LogP contribution in [0.2, 0.25) is 0 Å². The number of hydrogen-bond donors (Lipinski definition) is 0. The molecule has 0 aromatic carbocycles. The van der Waals surface area contributed by atoms with Crippen molar-refractivity contribution in [2.75, 3.05) is 0 Å². The van der Waals surface area contributed by atoms with E-state index in [9.17, 15) is 0 Å². The fraction of sp³-hybridized carbons (Fsp3) is 0. The third-order valence-electron chi connectivity index (χ3n) is 0. The molecule has 0 aromatic heterocycles. The van der Waals surface area contributed by atoms with Crippen LogP contribution < -0.4 is 28.0 Å². The van der Waals surface area contributed by atoms with E-state index in [1.54, 1.807) is 0 Å². The van der Waals surface area contributed by atoms with E-state index in [2.05, 4.69) is 0 Å². The molecule has 0 unspecified atom stereocenters. The van der Waals surface area contributed by atoms with Gasteiger partial charge < -0.3 is 28.0 Å². The first-order valence-electron chi connectivity index (χ1n) is 0.926. The van der Waals surface area contributed by atoms with Crippen LogP contribution in [0.25, 0.3) is 0 Å². The van der Waals surface area contributed by atoms with Gasteiger partial charge in [0.15, 0.2) is 0 Å². The topological polar surface area (TPSA) is 138 Å². The normalized spacial score (nSPS) is 8.00. The summed E-state index contributed by atoms with van der Waals surface area (Å²) in [6.07, 6.45) is 0. The van der Waals surface area contributed by atoms with Gasteiger partial charge in [0.2, 0.25) is 0 Å². The summed E-state index contributed by atoms with van der Waals surface area (Å²) < 4.78 is 50.4. The monoisotopic (exact) mass is 222 g/mol. The second-order valence-electron chi connectivity index (χ2n) is 0.378. The van der Waals surface area contributed by atoms with E-state index in [0.717, 1.165) is 0 Å². The van der Waals surface area contributed by atoms with Crippen molar-refractivity contribution >= 4 is 0 Å². The molecule has 9 heteroatoms. The SMILES string of the molecule is [Fe+3].[O-][Cl+2]([O-])[O-].[O-][Cl+2]([O-])[O-]. The van der Waals surface area contributed by atoms with E-state index in [4.69, 9.17) is 28.0 Å². The second-order valence-corrected chi connectivity index (χ2v) is 1.13. The maximum Gasteiger partial charge on any atom is 3.00 e. The predicted octanol–water partition coefficient (Wildman–Crippen LogP) is -7.14. The van der Waals surface area contributed by atoms with E-state index in [-0.39, 0.29) is 17.1 Å². The Bertz CT molecular complexity index is 26.5. The van der Waals surface area contributed by atoms with Gasteiger partial charge in [0.05, 0.1) is 21.6 Å². The zero-order valence-corrected chi connectivity index (χ0v) is 6.18. The molecule has 6 nitrogen and oxygen atoms in total. The molecular weight excluding hydrogens is 223 g/mol. The van der Waals surface area contributed by atoms with Gasteiger partial charge in [-0.15, -0.1) is 0 Å². The molecule has 0 saturated heterocycles. The van der Waals surface area contributed by atoms with Gasteiger partial charge >= 0.3 is 17.1 Å². The van der Waals surface area contributed by atoms with E-state index in [0.29, 0.717) is 0 Å². The second kappa shape index (κ2) is 11.6. The summed E-state index contributed by atoms with van der Waals surface area (Å²) in [6.45, 7) is 0. The summed E-state index contributed by atoms with van der Waals surface area (Å²) in [5.41, 5.74) is 0. The summed E-state index contributed by atoms with van der Waals surface area (Å²) >= 11 is 0. The summed E-state index contributed by atoms with van der Waals surface area (Å²) in [5.74, 6) is 0. The van der Waals surface area contributed by atoms with Gasteiger partial charge in [0, 0.05) is 0 Å². The summed E-state index contributed by atoms with van der Waals surface area (Å²) in [6, 6.07) is 0. The molecule has 57 valence electrons. The first-order chi connectivity index (χ1) is 3.46. The zero-order valence-electron chi connectivity index (χ0n) is 3.56. The van der Waals surface area contributed by atoms with Crippen LogP contribution in [0.1, 0.15) is 0 Å². The van der Waals surface area contributed by atoms with Crippen LogP contribution in [0.3, 0.4) is 0 Å². The van der Waals surface area contributed by atoms with Crippen LogP contribution in [-0.2, 0) is 17.1 Å². The van der Waals surface area contributed by atoms with E-state index in [1.165, 1.54) is 0 Å². The molecule has 0 spiro atoms. The molecule has 0 fully saturated rings. The Hall–Kier alpha value is 0.859. The standard InChI is InChI=1S/2ClO3.Fe/c2*2-1(3)4;/q2*-1;+3. The third kappa shape index (κ3) is 564. The minimum Gasteiger partial charge on any atom is -0.357 e. The van der Waals surface area contributed by atoms with E-state index in [1.807, 2.05) is 0 Å². The van der Waals surface area contributed by atoms with Crippen molar-refractivity contribution in [3.05, 3.63) is 0 Å². The van der Waals surface area contributed by atoms with Crippen molar-refractivity contribution in [2.45, 2.75) is 0 Å². The Kier molecular flexibility index (Phi) is 21.3. The molecule has 0 bridgehead atoms. The predicted molar refractivity (Wildman–Crippen MR) is 0 cm³/mol. The van der Waals surface area contributed by atoms with Crippen LogP contribution in [-0.4, -0.2) is 0 Å². The van der Waals surface area contributed by atoms with Gasteiger partial charge in [0.1, 0.15) is 0 Å². The molecular formula is Cl2FeO6+. The maximum absolute atomic E-state index is 8.41. The molecule has 0 aromatic rings. The molecule has 0 aliphatic carbocycles. The van der Waals surface area contributed by atoms with Crippen LogP contribution in [0.15, 0.2) is 0 Å². The average molecular weight is 223 g/mol. The fourth-order valence-electron chi connectivity index (χ4n) is 0. The van der Waals surface area contributed by atoms with Crippen molar-refractivity contribution in [1.29, 1.82) is 0 Å². The number of halogens is 2. The van der Waals surface area contributed by atoms with E-state index >= 15 is 0 Å². The van der Waals surface area contributed by atoms with Gasteiger partial charge in [-0.3, -0.25) is 0 Å². The Morgan fingerprint density at radius 1 is 0.556 bits per heavy atom. The van der Waals surface area contributed by atoms with Crippen molar-refractivity contribution in [2.24, 2.45) is 0 Å². The zero-order chi connectivity index (χ0) is 7.15. The molecule has 0 heterocycles. The maximum atomic E-state index is 8.41. The van der Waals surface area contributed by atoms with Crippen molar-refractivity contribution < 1.29 is 66.6 Å². The number of hydrogen-bond acceptors (Lipinski definition) is 6. The fourth-order valence-corrected chi connectivity index (χ4v) is 0. The third-order valence-corrected chi connectivity index (χ3v) is 0. The molecule has 0 aliphatic rings. The van der Waals surface area contributed by atoms with Crippen LogP contribution >= 0.6 is 0 Å². The smallest absolute Gasteiger partial charge is 0.357 e. The summed E-state index contributed by atoms with van der Waals surface area (Å²) in [4.78, 5) is 0. The van der Waals surface area contributed by atoms with Gasteiger partial charge in [-0.2, -0.15) is 0 Å². The summed E-state index contributed by atoms with van der Waals surface area (Å²) in [7, 11) is -5.70. The van der Waals surface area contributed by atoms with Gasteiger partial charge in [-0.25, -0.2) is 0 Å². The van der Waals surface area contributed by atoms with Gasteiger partial charge in [-0.1, -0.05) is 0 Å². The minimum atomic E-state index is -2.85. The van der Waals surface area contributed by atoms with Crippen LogP contribution in [0, 0.1) is 21.6 Å². The van der Waals surface area contributed by atoms with E-state index < -0.39 is 21.6 Å². The molecule has 0 saturated carbocycles. The minimum absolute atomic E-state index is 0. The quantitative estimate of drug-likeness (QED) is 0.373. The Morgan fingerprint density at radius 2 is 0.556 bits per heavy atom. The Labute approximate surface area is 67.0 Å². The summed E-state index contributed by atoms with van der Waals surface area (Å²) in [5, 5.41) is 0. The molecule has 1 radical (unpaired) electrons. The Balaban J connectivity index is -0.0000000720. The molecule has 0 rings (SSSR count). The molecule has 0 amide bonds. The van der Waals surface area contributed by atoms with Crippen molar-refractivity contribution in [1.82, 2.24) is 0 Å². The van der Waals surface area contributed by atoms with Gasteiger partial charge in [0.25, 0.3) is 0 Å². The molecule has 0 aliphatic heterocycles. The Morgan fingerprint density at radius 3 is 0.556 bits per heavy atom. The molecule has 9 heavy (non-hydrogen) atoms. The van der Waals surface area contributed by atoms with Crippen LogP contribution in [0.5, 0.6) is 0 Å².